The predicted molar refractivity (Wildman–Crippen MR) is 75.1 cm³/mol. The van der Waals surface area contributed by atoms with Crippen LogP contribution in [0.2, 0.25) is 0 Å². The zero-order valence-electron chi connectivity index (χ0n) is 11.5. The molecule has 0 saturated heterocycles. The van der Waals surface area contributed by atoms with Gasteiger partial charge in [-0.1, -0.05) is 52.8 Å². The molecule has 0 N–H and O–H groups in total. The van der Waals surface area contributed by atoms with E-state index in [1.807, 2.05) is 13.8 Å². The number of para-hydroxylation sites is 1. The molecular formula is C15H27N. The van der Waals surface area contributed by atoms with E-state index in [0.29, 0.717) is 0 Å². The van der Waals surface area contributed by atoms with E-state index >= 15 is 0 Å². The first kappa shape index (κ1) is 15.0. The number of hydrogen-bond acceptors (Lipinski definition) is 1. The van der Waals surface area contributed by atoms with Gasteiger partial charge in [0.25, 0.3) is 0 Å². The summed E-state index contributed by atoms with van der Waals surface area (Å²) in [5, 5.41) is 0. The van der Waals surface area contributed by atoms with E-state index in [2.05, 4.69) is 56.0 Å². The zero-order chi connectivity index (χ0) is 12.4. The van der Waals surface area contributed by atoms with E-state index in [1.165, 1.54) is 12.1 Å². The van der Waals surface area contributed by atoms with Crippen LogP contribution in [0.3, 0.4) is 0 Å². The first-order valence-electron chi connectivity index (χ1n) is 6.54. The summed E-state index contributed by atoms with van der Waals surface area (Å²) in [6.45, 7) is 13.1. The second kappa shape index (κ2) is 9.26. The second-order valence-electron chi connectivity index (χ2n) is 4.18. The van der Waals surface area contributed by atoms with Crippen LogP contribution in [0.15, 0.2) is 30.3 Å². The van der Waals surface area contributed by atoms with Crippen molar-refractivity contribution in [2.24, 2.45) is 5.92 Å². The molecule has 1 aromatic carbocycles. The molecule has 0 unspecified atom stereocenters. The van der Waals surface area contributed by atoms with Gasteiger partial charge in [-0.3, -0.25) is 0 Å². The lowest BCUT2D eigenvalue weighted by atomic mass is 10.2. The van der Waals surface area contributed by atoms with Gasteiger partial charge in [-0.05, 0) is 24.5 Å². The lowest BCUT2D eigenvalue weighted by Crippen LogP contribution is -2.28. The normalized spacial score (nSPS) is 9.62. The number of hydrogen-bond donors (Lipinski definition) is 0. The van der Waals surface area contributed by atoms with Crippen LogP contribution >= 0.6 is 0 Å². The van der Waals surface area contributed by atoms with E-state index in [-0.39, 0.29) is 0 Å². The highest BCUT2D eigenvalue weighted by Gasteiger charge is 2.06. The van der Waals surface area contributed by atoms with E-state index in [9.17, 15) is 0 Å². The molecule has 0 radical (unpaired) electrons. The van der Waals surface area contributed by atoms with E-state index in [1.54, 1.807) is 0 Å². The number of benzene rings is 1. The molecule has 0 atom stereocenters. The fraction of sp³-hybridized carbons (Fsp3) is 0.600. The molecule has 0 aromatic heterocycles. The van der Waals surface area contributed by atoms with E-state index in [0.717, 1.165) is 19.0 Å². The van der Waals surface area contributed by atoms with E-state index in [4.69, 9.17) is 0 Å². The molecule has 1 nitrogen and oxygen atoms in total. The monoisotopic (exact) mass is 221 g/mol. The average Bonchev–Trinajstić information content (AvgIpc) is 2.32. The molecule has 92 valence electrons. The van der Waals surface area contributed by atoms with Crippen LogP contribution in [-0.4, -0.2) is 13.1 Å². The van der Waals surface area contributed by atoms with Crippen LogP contribution in [0.1, 0.15) is 41.0 Å². The third kappa shape index (κ3) is 5.79. The van der Waals surface area contributed by atoms with Crippen LogP contribution < -0.4 is 4.90 Å². The second-order valence-corrected chi connectivity index (χ2v) is 4.18. The number of rotatable bonds is 5. The van der Waals surface area contributed by atoms with Crippen molar-refractivity contribution in [2.75, 3.05) is 18.0 Å². The smallest absolute Gasteiger partial charge is 0.0366 e. The molecule has 0 aliphatic rings. The Bertz CT molecular complexity index is 241. The molecule has 0 amide bonds. The summed E-state index contributed by atoms with van der Waals surface area (Å²) < 4.78 is 0. The SMILES string of the molecule is CC.CCCN(CC(C)C)c1ccccc1. The third-order valence-corrected chi connectivity index (χ3v) is 2.20. The standard InChI is InChI=1S/C13H21N.C2H6/c1-4-10-14(11-12(2)3)13-8-6-5-7-9-13;1-2/h5-9,12H,4,10-11H2,1-3H3;1-2H3. The molecule has 16 heavy (non-hydrogen) atoms. The van der Waals surface area contributed by atoms with Crippen LogP contribution in [0, 0.1) is 5.92 Å². The molecule has 1 rings (SSSR count). The Morgan fingerprint density at radius 1 is 1.06 bits per heavy atom. The van der Waals surface area contributed by atoms with Gasteiger partial charge < -0.3 is 4.90 Å². The highest BCUT2D eigenvalue weighted by atomic mass is 15.1. The van der Waals surface area contributed by atoms with Crippen molar-refractivity contribution in [3.63, 3.8) is 0 Å². The van der Waals surface area contributed by atoms with Crippen LogP contribution in [0.4, 0.5) is 5.69 Å². The molecular weight excluding hydrogens is 194 g/mol. The van der Waals surface area contributed by atoms with Crippen molar-refractivity contribution < 1.29 is 0 Å². The molecule has 0 aliphatic carbocycles. The summed E-state index contributed by atoms with van der Waals surface area (Å²) in [6, 6.07) is 10.7. The minimum Gasteiger partial charge on any atom is -0.371 e. The largest absolute Gasteiger partial charge is 0.371 e. The van der Waals surface area contributed by atoms with Gasteiger partial charge in [0, 0.05) is 18.8 Å². The average molecular weight is 221 g/mol. The third-order valence-electron chi connectivity index (χ3n) is 2.20. The highest BCUT2D eigenvalue weighted by Crippen LogP contribution is 2.15. The summed E-state index contributed by atoms with van der Waals surface area (Å²) in [4.78, 5) is 2.46. The van der Waals surface area contributed by atoms with Gasteiger partial charge >= 0.3 is 0 Å². The van der Waals surface area contributed by atoms with Crippen molar-refractivity contribution in [3.8, 4) is 0 Å². The molecule has 1 aromatic rings. The fourth-order valence-electron chi connectivity index (χ4n) is 1.68. The van der Waals surface area contributed by atoms with Gasteiger partial charge in [0.1, 0.15) is 0 Å². The maximum atomic E-state index is 2.46. The van der Waals surface area contributed by atoms with Gasteiger partial charge in [-0.2, -0.15) is 0 Å². The highest BCUT2D eigenvalue weighted by molar-refractivity contribution is 5.45. The maximum absolute atomic E-state index is 2.46. The zero-order valence-corrected chi connectivity index (χ0v) is 11.5. The lowest BCUT2D eigenvalue weighted by molar-refractivity contribution is 0.606. The summed E-state index contributed by atoms with van der Waals surface area (Å²) in [5.74, 6) is 0.724. The maximum Gasteiger partial charge on any atom is 0.0366 e. The Morgan fingerprint density at radius 3 is 2.06 bits per heavy atom. The first-order valence-corrected chi connectivity index (χ1v) is 6.54. The van der Waals surface area contributed by atoms with Crippen LogP contribution in [0.25, 0.3) is 0 Å². The Hall–Kier alpha value is -0.980. The van der Waals surface area contributed by atoms with Crippen molar-refractivity contribution in [2.45, 2.75) is 41.0 Å². The Kier molecular flexibility index (Phi) is 8.69. The molecule has 0 saturated carbocycles. The summed E-state index contributed by atoms with van der Waals surface area (Å²) in [6.07, 6.45) is 1.21. The Morgan fingerprint density at radius 2 is 1.62 bits per heavy atom. The molecule has 0 aliphatic heterocycles. The minimum absolute atomic E-state index is 0.724. The molecule has 0 heterocycles. The van der Waals surface area contributed by atoms with Gasteiger partial charge in [0.05, 0.1) is 0 Å². The molecule has 0 fully saturated rings. The number of nitrogens with zero attached hydrogens (tertiary/aromatic N) is 1. The van der Waals surface area contributed by atoms with Crippen molar-refractivity contribution in [1.29, 1.82) is 0 Å². The van der Waals surface area contributed by atoms with Crippen molar-refractivity contribution >= 4 is 5.69 Å². The summed E-state index contributed by atoms with van der Waals surface area (Å²) in [7, 11) is 0. The van der Waals surface area contributed by atoms with E-state index < -0.39 is 0 Å². The Labute approximate surface area is 101 Å². The van der Waals surface area contributed by atoms with Gasteiger partial charge in [-0.25, -0.2) is 0 Å². The van der Waals surface area contributed by atoms with Crippen molar-refractivity contribution in [1.82, 2.24) is 0 Å². The predicted octanol–water partition coefficient (Wildman–Crippen LogP) is 4.59. The van der Waals surface area contributed by atoms with Crippen LogP contribution in [0.5, 0.6) is 0 Å². The van der Waals surface area contributed by atoms with Gasteiger partial charge in [0.2, 0.25) is 0 Å². The van der Waals surface area contributed by atoms with Gasteiger partial charge in [-0.15, -0.1) is 0 Å². The minimum atomic E-state index is 0.724. The lowest BCUT2D eigenvalue weighted by Gasteiger charge is -2.26. The fourth-order valence-corrected chi connectivity index (χ4v) is 1.68. The summed E-state index contributed by atoms with van der Waals surface area (Å²) >= 11 is 0. The quantitative estimate of drug-likeness (QED) is 0.703. The topological polar surface area (TPSA) is 3.24 Å². The molecule has 0 bridgehead atoms. The first-order chi connectivity index (χ1) is 7.74. The van der Waals surface area contributed by atoms with Gasteiger partial charge in [0.15, 0.2) is 0 Å². The van der Waals surface area contributed by atoms with Crippen molar-refractivity contribution in [3.05, 3.63) is 30.3 Å². The van der Waals surface area contributed by atoms with Crippen LogP contribution in [-0.2, 0) is 0 Å². The number of anilines is 1. The molecule has 1 heteroatoms. The Balaban J connectivity index is 0.00000106. The molecule has 0 spiro atoms. The summed E-state index contributed by atoms with van der Waals surface area (Å²) in [5.41, 5.74) is 1.35.